The van der Waals surface area contributed by atoms with Crippen LogP contribution in [0.5, 0.6) is 0 Å². The van der Waals surface area contributed by atoms with Crippen molar-refractivity contribution in [3.63, 3.8) is 0 Å². The van der Waals surface area contributed by atoms with Crippen molar-refractivity contribution in [2.24, 2.45) is 5.73 Å². The predicted molar refractivity (Wildman–Crippen MR) is 65.3 cm³/mol. The van der Waals surface area contributed by atoms with Crippen molar-refractivity contribution in [3.05, 3.63) is 17.5 Å². The lowest BCUT2D eigenvalue weighted by Gasteiger charge is -2.23. The number of hydrogen-bond donors (Lipinski definition) is 1. The van der Waals surface area contributed by atoms with Gasteiger partial charge in [0.1, 0.15) is 0 Å². The Hall–Kier alpha value is -0.480. The Morgan fingerprint density at radius 2 is 2.27 bits per heavy atom. The Balaban J connectivity index is 2.13. The molecule has 2 rings (SSSR count). The molecule has 1 aromatic rings. The smallest absolute Gasteiger partial charge is 0.0538 e. The number of rotatable bonds is 3. The number of nitrogens with zero attached hydrogens (tertiary/aromatic N) is 2. The molecule has 1 saturated heterocycles. The third-order valence-corrected chi connectivity index (χ3v) is 4.15. The molecule has 0 spiro atoms. The molecule has 0 atom stereocenters. The van der Waals surface area contributed by atoms with Gasteiger partial charge in [0, 0.05) is 5.69 Å². The van der Waals surface area contributed by atoms with Crippen molar-refractivity contribution in [1.82, 2.24) is 9.78 Å². The van der Waals surface area contributed by atoms with Crippen LogP contribution in [0.1, 0.15) is 30.1 Å². The van der Waals surface area contributed by atoms with E-state index in [1.165, 1.54) is 35.6 Å². The molecule has 0 aliphatic carbocycles. The monoisotopic (exact) mass is 225 g/mol. The second kappa shape index (κ2) is 5.03. The van der Waals surface area contributed by atoms with Crippen molar-refractivity contribution in [2.75, 3.05) is 18.1 Å². The number of nitrogens with two attached hydrogens (primary N) is 1. The first-order chi connectivity index (χ1) is 7.33. The van der Waals surface area contributed by atoms with Crippen LogP contribution in [-0.4, -0.2) is 27.8 Å². The van der Waals surface area contributed by atoms with Crippen LogP contribution < -0.4 is 5.73 Å². The molecule has 3 nitrogen and oxygen atoms in total. The fourth-order valence-corrected chi connectivity index (χ4v) is 3.24. The third-order valence-electron chi connectivity index (χ3n) is 3.10. The average molecular weight is 225 g/mol. The highest BCUT2D eigenvalue weighted by Gasteiger charge is 2.18. The lowest BCUT2D eigenvalue weighted by Crippen LogP contribution is -2.17. The van der Waals surface area contributed by atoms with E-state index in [0.29, 0.717) is 12.6 Å². The first-order valence-corrected chi connectivity index (χ1v) is 6.79. The van der Waals surface area contributed by atoms with E-state index in [1.807, 2.05) is 6.20 Å². The Bertz CT molecular complexity index is 316. The van der Waals surface area contributed by atoms with Gasteiger partial charge >= 0.3 is 0 Å². The number of hydrogen-bond acceptors (Lipinski definition) is 3. The zero-order valence-electron chi connectivity index (χ0n) is 9.28. The van der Waals surface area contributed by atoms with E-state index in [1.54, 1.807) is 0 Å². The van der Waals surface area contributed by atoms with E-state index in [0.717, 1.165) is 6.42 Å². The fraction of sp³-hybridized carbons (Fsp3) is 0.727. The molecule has 1 aliphatic rings. The van der Waals surface area contributed by atoms with Gasteiger partial charge < -0.3 is 5.73 Å². The van der Waals surface area contributed by atoms with Crippen LogP contribution in [0.15, 0.2) is 6.20 Å². The minimum Gasteiger partial charge on any atom is -0.330 e. The van der Waals surface area contributed by atoms with Gasteiger partial charge in [0.2, 0.25) is 0 Å². The molecule has 1 aromatic heterocycles. The van der Waals surface area contributed by atoms with E-state index >= 15 is 0 Å². The molecule has 0 aromatic carbocycles. The molecule has 84 valence electrons. The van der Waals surface area contributed by atoms with Crippen molar-refractivity contribution in [1.29, 1.82) is 0 Å². The summed E-state index contributed by atoms with van der Waals surface area (Å²) in [6.45, 7) is 2.88. The van der Waals surface area contributed by atoms with Crippen molar-refractivity contribution >= 4 is 11.8 Å². The highest BCUT2D eigenvalue weighted by atomic mass is 32.2. The first kappa shape index (κ1) is 11.0. The topological polar surface area (TPSA) is 43.8 Å². The van der Waals surface area contributed by atoms with Crippen LogP contribution in [0, 0.1) is 6.92 Å². The van der Waals surface area contributed by atoms with Gasteiger partial charge in [0.25, 0.3) is 0 Å². The summed E-state index contributed by atoms with van der Waals surface area (Å²) >= 11 is 2.06. The van der Waals surface area contributed by atoms with Crippen LogP contribution in [0.4, 0.5) is 0 Å². The lowest BCUT2D eigenvalue weighted by molar-refractivity contribution is 0.418. The molecule has 1 aliphatic heterocycles. The lowest BCUT2D eigenvalue weighted by atomic mass is 10.1. The Labute approximate surface area is 95.4 Å². The van der Waals surface area contributed by atoms with Gasteiger partial charge in [-0.3, -0.25) is 4.68 Å². The summed E-state index contributed by atoms with van der Waals surface area (Å²) in [6.07, 6.45) is 5.46. The summed E-state index contributed by atoms with van der Waals surface area (Å²) in [5.41, 5.74) is 8.21. The minimum absolute atomic E-state index is 0.623. The molecule has 2 heterocycles. The SMILES string of the molecule is Cc1c(CCN)cnn1C1CCSCC1. The van der Waals surface area contributed by atoms with Crippen molar-refractivity contribution < 1.29 is 0 Å². The first-order valence-electron chi connectivity index (χ1n) is 5.63. The molecule has 0 saturated carbocycles. The predicted octanol–water partition coefficient (Wildman–Crippen LogP) is 1.76. The van der Waals surface area contributed by atoms with Crippen LogP contribution in [0.25, 0.3) is 0 Å². The molecule has 0 bridgehead atoms. The van der Waals surface area contributed by atoms with Gasteiger partial charge in [-0.1, -0.05) is 0 Å². The zero-order valence-corrected chi connectivity index (χ0v) is 10.1. The molecule has 1 fully saturated rings. The summed E-state index contributed by atoms with van der Waals surface area (Å²) in [4.78, 5) is 0. The molecule has 0 amide bonds. The molecular formula is C11H19N3S. The second-order valence-corrected chi connectivity index (χ2v) is 5.31. The Morgan fingerprint density at radius 1 is 1.53 bits per heavy atom. The van der Waals surface area contributed by atoms with Gasteiger partial charge in [-0.15, -0.1) is 0 Å². The van der Waals surface area contributed by atoms with Gasteiger partial charge in [0.15, 0.2) is 0 Å². The van der Waals surface area contributed by atoms with Crippen LogP contribution in [0.2, 0.25) is 0 Å². The Morgan fingerprint density at radius 3 is 2.93 bits per heavy atom. The van der Waals surface area contributed by atoms with Gasteiger partial charge in [-0.2, -0.15) is 16.9 Å². The van der Waals surface area contributed by atoms with E-state index in [4.69, 9.17) is 5.73 Å². The minimum atomic E-state index is 0.623. The van der Waals surface area contributed by atoms with Crippen LogP contribution >= 0.6 is 11.8 Å². The molecular weight excluding hydrogens is 206 g/mol. The summed E-state index contributed by atoms with van der Waals surface area (Å²) in [7, 11) is 0. The van der Waals surface area contributed by atoms with E-state index in [9.17, 15) is 0 Å². The molecule has 0 unspecified atom stereocenters. The second-order valence-electron chi connectivity index (χ2n) is 4.08. The normalized spacial score (nSPS) is 18.3. The average Bonchev–Trinajstić information content (AvgIpc) is 2.63. The van der Waals surface area contributed by atoms with Crippen LogP contribution in [-0.2, 0) is 6.42 Å². The summed E-state index contributed by atoms with van der Waals surface area (Å²) < 4.78 is 2.21. The number of thioether (sulfide) groups is 1. The van der Waals surface area contributed by atoms with Crippen LogP contribution in [0.3, 0.4) is 0 Å². The number of aromatic nitrogens is 2. The van der Waals surface area contributed by atoms with E-state index < -0.39 is 0 Å². The molecule has 0 radical (unpaired) electrons. The molecule has 4 heteroatoms. The fourth-order valence-electron chi connectivity index (χ4n) is 2.16. The summed E-state index contributed by atoms with van der Waals surface area (Å²) in [6, 6.07) is 0.623. The van der Waals surface area contributed by atoms with Gasteiger partial charge in [-0.25, -0.2) is 0 Å². The molecule has 2 N–H and O–H groups in total. The van der Waals surface area contributed by atoms with Crippen molar-refractivity contribution in [2.45, 2.75) is 32.2 Å². The summed E-state index contributed by atoms with van der Waals surface area (Å²) in [5, 5.41) is 4.51. The van der Waals surface area contributed by atoms with E-state index in [2.05, 4.69) is 28.5 Å². The summed E-state index contributed by atoms with van der Waals surface area (Å²) in [5.74, 6) is 2.55. The van der Waals surface area contributed by atoms with Gasteiger partial charge in [-0.05, 0) is 49.8 Å². The van der Waals surface area contributed by atoms with Crippen molar-refractivity contribution in [3.8, 4) is 0 Å². The zero-order chi connectivity index (χ0) is 10.7. The maximum atomic E-state index is 5.58. The van der Waals surface area contributed by atoms with E-state index in [-0.39, 0.29) is 0 Å². The third kappa shape index (κ3) is 2.37. The highest BCUT2D eigenvalue weighted by molar-refractivity contribution is 7.99. The van der Waals surface area contributed by atoms with Gasteiger partial charge in [0.05, 0.1) is 12.2 Å². The maximum Gasteiger partial charge on any atom is 0.0538 e. The molecule has 15 heavy (non-hydrogen) atoms. The Kier molecular flexibility index (Phi) is 3.70. The standard InChI is InChI=1S/C11H19N3S/c1-9-10(2-5-12)8-13-14(9)11-3-6-15-7-4-11/h8,11H,2-7,12H2,1H3. The quantitative estimate of drug-likeness (QED) is 0.852. The highest BCUT2D eigenvalue weighted by Crippen LogP contribution is 2.28. The largest absolute Gasteiger partial charge is 0.330 e. The maximum absolute atomic E-state index is 5.58.